The van der Waals surface area contributed by atoms with E-state index in [9.17, 15) is 0 Å². The molecule has 0 radical (unpaired) electrons. The van der Waals surface area contributed by atoms with Crippen molar-refractivity contribution in [2.24, 2.45) is 0 Å². The average molecular weight is 340 g/mol. The number of hydrogen-bond donors (Lipinski definition) is 1. The first-order valence-electron chi connectivity index (χ1n) is 8.08. The summed E-state index contributed by atoms with van der Waals surface area (Å²) in [6.45, 7) is 0.935. The van der Waals surface area contributed by atoms with Crippen molar-refractivity contribution in [2.75, 3.05) is 27.5 Å². The Kier molecular flexibility index (Phi) is 5.07. The highest BCUT2D eigenvalue weighted by molar-refractivity contribution is 7.98. The SMILES string of the molecule is COc1ccc2c(SC)[nH+]c(C[NH+](C)C)c(-c3ccccc3)c2c1. The van der Waals surface area contributed by atoms with Crippen LogP contribution in [0.1, 0.15) is 5.69 Å². The van der Waals surface area contributed by atoms with Crippen molar-refractivity contribution in [1.82, 2.24) is 0 Å². The fourth-order valence-electron chi connectivity index (χ4n) is 3.07. The fourth-order valence-corrected chi connectivity index (χ4v) is 3.69. The maximum Gasteiger partial charge on any atom is 0.246 e. The summed E-state index contributed by atoms with van der Waals surface area (Å²) in [6.07, 6.45) is 2.12. The Balaban J connectivity index is 2.38. The van der Waals surface area contributed by atoms with Crippen LogP contribution in [0.25, 0.3) is 21.9 Å². The van der Waals surface area contributed by atoms with Gasteiger partial charge in [0.05, 0.1) is 32.2 Å². The molecule has 3 rings (SSSR count). The molecule has 1 aromatic heterocycles. The highest BCUT2D eigenvalue weighted by Gasteiger charge is 2.23. The maximum atomic E-state index is 5.49. The summed E-state index contributed by atoms with van der Waals surface area (Å²) < 4.78 is 5.49. The van der Waals surface area contributed by atoms with Crippen molar-refractivity contribution in [3.8, 4) is 16.9 Å². The molecule has 0 atom stereocenters. The van der Waals surface area contributed by atoms with Crippen LogP contribution in [0.15, 0.2) is 53.6 Å². The Morgan fingerprint density at radius 2 is 1.79 bits per heavy atom. The van der Waals surface area contributed by atoms with Crippen LogP contribution in [-0.2, 0) is 6.54 Å². The van der Waals surface area contributed by atoms with Gasteiger partial charge in [-0.1, -0.05) is 42.1 Å². The van der Waals surface area contributed by atoms with E-state index in [1.54, 1.807) is 18.9 Å². The highest BCUT2D eigenvalue weighted by Crippen LogP contribution is 2.35. The van der Waals surface area contributed by atoms with Crippen LogP contribution in [0, 0.1) is 0 Å². The first kappa shape index (κ1) is 16.8. The number of fused-ring (bicyclic) bond motifs is 1. The number of H-pyrrole nitrogens is 1. The Labute approximate surface area is 147 Å². The highest BCUT2D eigenvalue weighted by atomic mass is 32.2. The lowest BCUT2D eigenvalue weighted by molar-refractivity contribution is -0.877. The van der Waals surface area contributed by atoms with Crippen molar-refractivity contribution in [1.29, 1.82) is 0 Å². The standard InChI is InChI=1S/C20H22N2OS/c1-22(2)13-18-19(14-8-6-5-7-9-14)17-12-15(23-3)10-11-16(17)20(21-18)24-4/h5-12H,13H2,1-4H3/p+2. The molecule has 3 nitrogen and oxygen atoms in total. The summed E-state index contributed by atoms with van der Waals surface area (Å²) in [5.41, 5.74) is 3.76. The summed E-state index contributed by atoms with van der Waals surface area (Å²) in [5.74, 6) is 0.890. The van der Waals surface area contributed by atoms with E-state index in [4.69, 9.17) is 4.74 Å². The van der Waals surface area contributed by atoms with Crippen LogP contribution < -0.4 is 14.6 Å². The lowest BCUT2D eigenvalue weighted by atomic mass is 9.97. The molecule has 0 bridgehead atoms. The smallest absolute Gasteiger partial charge is 0.246 e. The molecule has 4 heteroatoms. The normalized spacial score (nSPS) is 11.2. The number of pyridine rings is 1. The minimum atomic E-state index is 0.890. The van der Waals surface area contributed by atoms with Crippen LogP contribution >= 0.6 is 11.8 Å². The molecule has 0 spiro atoms. The van der Waals surface area contributed by atoms with Gasteiger partial charge < -0.3 is 9.64 Å². The van der Waals surface area contributed by atoms with E-state index in [1.807, 2.05) is 6.07 Å². The van der Waals surface area contributed by atoms with Crippen molar-refractivity contribution in [3.05, 3.63) is 54.2 Å². The molecule has 0 unspecified atom stereocenters. The first-order valence-corrected chi connectivity index (χ1v) is 9.31. The van der Waals surface area contributed by atoms with E-state index in [2.05, 4.69) is 67.8 Å². The van der Waals surface area contributed by atoms with Crippen molar-refractivity contribution < 1.29 is 14.6 Å². The lowest BCUT2D eigenvalue weighted by Crippen LogP contribution is -3.04. The van der Waals surface area contributed by atoms with Gasteiger partial charge in [-0.2, -0.15) is 4.98 Å². The van der Waals surface area contributed by atoms with Gasteiger partial charge in [-0.05, 0) is 30.0 Å². The molecule has 2 N–H and O–H groups in total. The lowest BCUT2D eigenvalue weighted by Gasteiger charge is -2.13. The van der Waals surface area contributed by atoms with Crippen molar-refractivity contribution >= 4 is 22.5 Å². The third-order valence-corrected chi connectivity index (χ3v) is 4.83. The van der Waals surface area contributed by atoms with Gasteiger partial charge in [0, 0.05) is 5.39 Å². The Hall–Kier alpha value is -2.04. The summed E-state index contributed by atoms with van der Waals surface area (Å²) in [5, 5.41) is 3.67. The summed E-state index contributed by atoms with van der Waals surface area (Å²) in [7, 11) is 6.08. The summed E-state index contributed by atoms with van der Waals surface area (Å²) in [4.78, 5) is 5.06. The van der Waals surface area contributed by atoms with Crippen molar-refractivity contribution in [3.63, 3.8) is 0 Å². The first-order chi connectivity index (χ1) is 11.6. The molecule has 124 valence electrons. The molecule has 3 aromatic rings. The molecular formula is C20H24N2OS+2. The van der Waals surface area contributed by atoms with Crippen LogP contribution in [0.2, 0.25) is 0 Å². The van der Waals surface area contributed by atoms with Gasteiger partial charge in [-0.25, -0.2) is 0 Å². The van der Waals surface area contributed by atoms with E-state index in [0.717, 1.165) is 12.3 Å². The van der Waals surface area contributed by atoms with Crippen molar-refractivity contribution in [2.45, 2.75) is 11.6 Å². The summed E-state index contributed by atoms with van der Waals surface area (Å²) in [6, 6.07) is 16.9. The average Bonchev–Trinajstić information content (AvgIpc) is 2.60. The molecule has 2 aromatic carbocycles. The maximum absolute atomic E-state index is 5.49. The van der Waals surface area contributed by atoms with E-state index < -0.39 is 0 Å². The Bertz CT molecular complexity index is 847. The number of nitrogens with one attached hydrogen (secondary N) is 2. The van der Waals surface area contributed by atoms with E-state index >= 15 is 0 Å². The van der Waals surface area contributed by atoms with Gasteiger partial charge >= 0.3 is 0 Å². The number of rotatable bonds is 5. The number of thioether (sulfide) groups is 1. The minimum Gasteiger partial charge on any atom is -0.497 e. The van der Waals surface area contributed by atoms with E-state index in [1.165, 1.54) is 37.5 Å². The number of aromatic amines is 1. The fraction of sp³-hybridized carbons (Fsp3) is 0.250. The van der Waals surface area contributed by atoms with Crippen LogP contribution in [0.3, 0.4) is 0 Å². The molecule has 1 heterocycles. The quantitative estimate of drug-likeness (QED) is 0.723. The predicted molar refractivity (Wildman–Crippen MR) is 101 cm³/mol. The number of hydrogen-bond acceptors (Lipinski definition) is 2. The molecule has 0 saturated carbocycles. The van der Waals surface area contributed by atoms with Crippen LogP contribution in [0.5, 0.6) is 5.75 Å². The zero-order valence-electron chi connectivity index (χ0n) is 14.6. The van der Waals surface area contributed by atoms with Gasteiger partial charge in [-0.15, -0.1) is 0 Å². The molecule has 0 aliphatic rings. The van der Waals surface area contributed by atoms with E-state index in [0.29, 0.717) is 0 Å². The number of quaternary nitrogens is 1. The Morgan fingerprint density at radius 3 is 2.42 bits per heavy atom. The zero-order chi connectivity index (χ0) is 17.1. The number of benzene rings is 2. The van der Waals surface area contributed by atoms with Gasteiger partial charge in [-0.3, -0.25) is 0 Å². The second-order valence-corrected chi connectivity index (χ2v) is 6.99. The van der Waals surface area contributed by atoms with Gasteiger partial charge in [0.15, 0.2) is 6.54 Å². The number of ether oxygens (including phenoxy) is 1. The Morgan fingerprint density at radius 1 is 1.04 bits per heavy atom. The monoisotopic (exact) mass is 340 g/mol. The third kappa shape index (κ3) is 3.25. The number of aromatic nitrogens is 1. The van der Waals surface area contributed by atoms with Gasteiger partial charge in [0.2, 0.25) is 10.7 Å². The molecule has 0 aliphatic heterocycles. The third-order valence-electron chi connectivity index (χ3n) is 4.10. The largest absolute Gasteiger partial charge is 0.497 e. The second kappa shape index (κ2) is 7.24. The zero-order valence-corrected chi connectivity index (χ0v) is 15.5. The molecule has 0 amide bonds. The summed E-state index contributed by atoms with van der Waals surface area (Å²) >= 11 is 1.75. The van der Waals surface area contributed by atoms with Gasteiger partial charge in [0.1, 0.15) is 5.75 Å². The molecule has 0 saturated heterocycles. The molecule has 0 fully saturated rings. The van der Waals surface area contributed by atoms with Gasteiger partial charge in [0.25, 0.3) is 0 Å². The second-order valence-electron chi connectivity index (χ2n) is 6.17. The van der Waals surface area contributed by atoms with E-state index in [-0.39, 0.29) is 0 Å². The molecule has 24 heavy (non-hydrogen) atoms. The van der Waals surface area contributed by atoms with Crippen LogP contribution in [0.4, 0.5) is 0 Å². The molecular weight excluding hydrogens is 316 g/mol. The topological polar surface area (TPSA) is 27.8 Å². The predicted octanol–water partition coefficient (Wildman–Crippen LogP) is 2.70. The van der Waals surface area contributed by atoms with Crippen LogP contribution in [-0.4, -0.2) is 27.5 Å². The molecule has 0 aliphatic carbocycles. The number of methoxy groups -OCH3 is 1. The minimum absolute atomic E-state index is 0.890.